The van der Waals surface area contributed by atoms with Crippen molar-refractivity contribution in [2.75, 3.05) is 14.2 Å². The lowest BCUT2D eigenvalue weighted by Gasteiger charge is -2.35. The highest BCUT2D eigenvalue weighted by atomic mass is 16.6. The molecule has 8 heteroatoms. The molecule has 0 aromatic carbocycles. The molecule has 8 nitrogen and oxygen atoms in total. The molecule has 0 heterocycles. The highest BCUT2D eigenvalue weighted by Crippen LogP contribution is 2.37. The number of ether oxygens (including phenoxy) is 3. The van der Waals surface area contributed by atoms with Crippen LogP contribution < -0.4 is 0 Å². The molecule has 34 heavy (non-hydrogen) atoms. The Hall–Kier alpha value is -2.16. The van der Waals surface area contributed by atoms with Gasteiger partial charge in [0.25, 0.3) is 0 Å². The quantitative estimate of drug-likeness (QED) is 0.207. The predicted molar refractivity (Wildman–Crippen MR) is 128 cm³/mol. The van der Waals surface area contributed by atoms with Crippen LogP contribution in [0, 0.1) is 17.8 Å². The van der Waals surface area contributed by atoms with Gasteiger partial charge in [0, 0.05) is 24.7 Å². The number of allylic oxidation sites excluding steroid dienone is 4. The van der Waals surface area contributed by atoms with E-state index in [0.717, 1.165) is 24.0 Å². The molecule has 0 radical (unpaired) electrons. The first-order valence-corrected chi connectivity index (χ1v) is 11.8. The Morgan fingerprint density at radius 1 is 1.06 bits per heavy atom. The molecule has 0 aliphatic heterocycles. The molecule has 1 aliphatic rings. The highest BCUT2D eigenvalue weighted by Gasteiger charge is 2.45. The number of hydrogen-bond donors (Lipinski definition) is 3. The van der Waals surface area contributed by atoms with Crippen molar-refractivity contribution in [1.82, 2.24) is 0 Å². The van der Waals surface area contributed by atoms with E-state index in [4.69, 9.17) is 24.4 Å². The first-order valence-electron chi connectivity index (χ1n) is 11.8. The molecular weight excluding hydrogens is 440 g/mol. The van der Waals surface area contributed by atoms with E-state index in [-0.39, 0.29) is 29.1 Å². The summed E-state index contributed by atoms with van der Waals surface area (Å²) in [7, 11) is 2.84. The van der Waals surface area contributed by atoms with E-state index < -0.39 is 30.4 Å². The summed E-state index contributed by atoms with van der Waals surface area (Å²) < 4.78 is 16.2. The molecule has 0 saturated carbocycles. The van der Waals surface area contributed by atoms with Crippen LogP contribution in [0.25, 0.3) is 0 Å². The Morgan fingerprint density at radius 2 is 1.71 bits per heavy atom. The SMILES string of the molecule is COC1=C(OC)[C@H](OC(C)=O)[C@H](CC=C(C)CCC=C(C)C[C@H](O)C[C@@H](C)C(O)O)[C@@H](C)C1=O. The van der Waals surface area contributed by atoms with Crippen molar-refractivity contribution in [3.05, 3.63) is 34.8 Å². The number of aliphatic hydroxyl groups excluding tert-OH is 2. The summed E-state index contributed by atoms with van der Waals surface area (Å²) in [6, 6.07) is 0. The number of carbonyl (C=O) groups excluding carboxylic acids is 2. The number of Topliss-reactive ketones (excluding diaryl/α,β-unsaturated/α-hetero) is 1. The number of methoxy groups -OCH3 is 2. The minimum absolute atomic E-state index is 0.101. The van der Waals surface area contributed by atoms with Gasteiger partial charge in [0.1, 0.15) is 0 Å². The van der Waals surface area contributed by atoms with Crippen molar-refractivity contribution in [2.24, 2.45) is 17.8 Å². The molecule has 1 aliphatic carbocycles. The van der Waals surface area contributed by atoms with Gasteiger partial charge in [0.05, 0.1) is 20.3 Å². The topological polar surface area (TPSA) is 123 Å². The molecule has 0 amide bonds. The molecule has 1 rings (SSSR count). The van der Waals surface area contributed by atoms with E-state index in [1.165, 1.54) is 21.1 Å². The molecule has 0 saturated heterocycles. The number of rotatable bonds is 13. The summed E-state index contributed by atoms with van der Waals surface area (Å²) in [6.07, 6.45) is 4.36. The molecule has 5 atom stereocenters. The van der Waals surface area contributed by atoms with E-state index in [9.17, 15) is 14.7 Å². The zero-order valence-electron chi connectivity index (χ0n) is 21.5. The van der Waals surface area contributed by atoms with E-state index in [1.54, 1.807) is 6.92 Å². The fourth-order valence-electron chi connectivity index (χ4n) is 4.24. The van der Waals surface area contributed by atoms with Crippen molar-refractivity contribution in [1.29, 1.82) is 0 Å². The second-order valence-corrected chi connectivity index (χ2v) is 9.31. The van der Waals surface area contributed by atoms with Gasteiger partial charge in [0.15, 0.2) is 18.2 Å². The van der Waals surface area contributed by atoms with Crippen LogP contribution in [0.5, 0.6) is 0 Å². The zero-order valence-corrected chi connectivity index (χ0v) is 21.5. The van der Waals surface area contributed by atoms with Crippen LogP contribution in [0.3, 0.4) is 0 Å². The Morgan fingerprint density at radius 3 is 2.24 bits per heavy atom. The van der Waals surface area contributed by atoms with Crippen molar-refractivity contribution in [2.45, 2.75) is 85.2 Å². The van der Waals surface area contributed by atoms with Gasteiger partial charge in [-0.05, 0) is 46.0 Å². The number of esters is 1. The van der Waals surface area contributed by atoms with Gasteiger partial charge >= 0.3 is 5.97 Å². The highest BCUT2D eigenvalue weighted by molar-refractivity contribution is 5.97. The minimum atomic E-state index is -1.43. The maximum atomic E-state index is 12.8. The lowest BCUT2D eigenvalue weighted by atomic mass is 9.77. The first kappa shape index (κ1) is 29.9. The van der Waals surface area contributed by atoms with Crippen LogP contribution in [-0.2, 0) is 23.8 Å². The van der Waals surface area contributed by atoms with Gasteiger partial charge in [-0.25, -0.2) is 0 Å². The molecule has 0 fully saturated rings. The summed E-state index contributed by atoms with van der Waals surface area (Å²) >= 11 is 0. The van der Waals surface area contributed by atoms with Crippen LogP contribution in [0.1, 0.15) is 66.7 Å². The minimum Gasteiger partial charge on any atom is -0.493 e. The molecule has 0 bridgehead atoms. The van der Waals surface area contributed by atoms with Crippen LogP contribution >= 0.6 is 0 Å². The average molecular weight is 483 g/mol. The smallest absolute Gasteiger partial charge is 0.303 e. The third kappa shape index (κ3) is 8.89. The van der Waals surface area contributed by atoms with Crippen LogP contribution in [0.4, 0.5) is 0 Å². The Bertz CT molecular complexity index is 780. The summed E-state index contributed by atoms with van der Waals surface area (Å²) in [6.45, 7) is 8.80. The third-order valence-corrected chi connectivity index (χ3v) is 6.35. The van der Waals surface area contributed by atoms with Crippen molar-refractivity contribution < 1.29 is 39.1 Å². The monoisotopic (exact) mass is 482 g/mol. The lowest BCUT2D eigenvalue weighted by molar-refractivity contribution is -0.153. The maximum Gasteiger partial charge on any atom is 0.303 e. The van der Waals surface area contributed by atoms with Crippen LogP contribution in [0.2, 0.25) is 0 Å². The first-order chi connectivity index (χ1) is 15.9. The fourth-order valence-corrected chi connectivity index (χ4v) is 4.24. The second kappa shape index (κ2) is 14.3. The Kier molecular flexibility index (Phi) is 12.6. The van der Waals surface area contributed by atoms with Crippen molar-refractivity contribution in [3.63, 3.8) is 0 Å². The number of carbonyl (C=O) groups is 2. The molecular formula is C26H42O8. The van der Waals surface area contributed by atoms with E-state index >= 15 is 0 Å². The number of ketones is 1. The van der Waals surface area contributed by atoms with Crippen LogP contribution in [-0.4, -0.2) is 59.8 Å². The zero-order chi connectivity index (χ0) is 26.0. The molecule has 0 unspecified atom stereocenters. The fraction of sp³-hybridized carbons (Fsp3) is 0.692. The molecule has 0 spiro atoms. The normalized spacial score (nSPS) is 23.7. The van der Waals surface area contributed by atoms with Gasteiger partial charge < -0.3 is 29.5 Å². The molecule has 0 aromatic heterocycles. The standard InChI is InChI=1S/C26H42O8/c1-15(9-8-10-16(2)13-20(28)14-17(3)26(30)31)11-12-21-18(4)22(29)24(32-6)25(33-7)23(21)34-19(5)27/h10-11,17-18,20-21,23,26,28,30-31H,8-9,12-14H2,1-7H3/t17-,18-,20+,21-,23-/m1/s1. The van der Waals surface area contributed by atoms with Gasteiger partial charge in [-0.3, -0.25) is 9.59 Å². The summed E-state index contributed by atoms with van der Waals surface area (Å²) in [5.41, 5.74) is 2.19. The number of aliphatic hydroxyl groups is 3. The van der Waals surface area contributed by atoms with Gasteiger partial charge in [0.2, 0.25) is 11.5 Å². The van der Waals surface area contributed by atoms with E-state index in [2.05, 4.69) is 12.2 Å². The van der Waals surface area contributed by atoms with Crippen molar-refractivity contribution in [3.8, 4) is 0 Å². The van der Waals surface area contributed by atoms with Gasteiger partial charge in [-0.2, -0.15) is 0 Å². The summed E-state index contributed by atoms with van der Waals surface area (Å²) in [5.74, 6) is -1.32. The lowest BCUT2D eigenvalue weighted by Crippen LogP contribution is -2.42. The maximum absolute atomic E-state index is 12.8. The molecule has 3 N–H and O–H groups in total. The van der Waals surface area contributed by atoms with Crippen LogP contribution in [0.15, 0.2) is 34.8 Å². The molecule has 194 valence electrons. The number of hydrogen-bond acceptors (Lipinski definition) is 8. The Balaban J connectivity index is 2.79. The van der Waals surface area contributed by atoms with E-state index in [1.807, 2.05) is 20.8 Å². The summed E-state index contributed by atoms with van der Waals surface area (Å²) in [4.78, 5) is 24.5. The van der Waals surface area contributed by atoms with E-state index in [0.29, 0.717) is 19.3 Å². The summed E-state index contributed by atoms with van der Waals surface area (Å²) in [5, 5.41) is 28.4. The van der Waals surface area contributed by atoms with Gasteiger partial charge in [-0.1, -0.05) is 37.1 Å². The van der Waals surface area contributed by atoms with Crippen molar-refractivity contribution >= 4 is 11.8 Å². The third-order valence-electron chi connectivity index (χ3n) is 6.35. The molecule has 0 aromatic rings. The predicted octanol–water partition coefficient (Wildman–Crippen LogP) is 3.41. The Labute approximate surface area is 203 Å². The average Bonchev–Trinajstić information content (AvgIpc) is 2.74. The largest absolute Gasteiger partial charge is 0.493 e. The second-order valence-electron chi connectivity index (χ2n) is 9.31. The van der Waals surface area contributed by atoms with Gasteiger partial charge in [-0.15, -0.1) is 0 Å².